The number of benzene rings is 1. The van der Waals surface area contributed by atoms with E-state index in [1.165, 1.54) is 7.11 Å². The number of phenols is 1. The molecule has 2 aliphatic carbocycles. The Balaban J connectivity index is 1.61. The van der Waals surface area contributed by atoms with Gasteiger partial charge in [0.2, 0.25) is 23.6 Å². The molecule has 4 amide bonds. The van der Waals surface area contributed by atoms with Gasteiger partial charge in [0, 0.05) is 29.0 Å². The van der Waals surface area contributed by atoms with Gasteiger partial charge in [-0.05, 0) is 30.9 Å². The van der Waals surface area contributed by atoms with Crippen LogP contribution in [-0.2, 0) is 28.8 Å². The summed E-state index contributed by atoms with van der Waals surface area (Å²) in [5.74, 6) is -9.44. The normalized spacial score (nSPS) is 29.2. The fourth-order valence-electron chi connectivity index (χ4n) is 6.91. The number of hydrogen-bond acceptors (Lipinski definition) is 8. The number of rotatable bonds is 8. The lowest BCUT2D eigenvalue weighted by atomic mass is 9.57. The molecule has 6 unspecified atom stereocenters. The van der Waals surface area contributed by atoms with Crippen molar-refractivity contribution in [2.24, 2.45) is 29.6 Å². The molecule has 2 heterocycles. The van der Waals surface area contributed by atoms with Crippen molar-refractivity contribution < 1.29 is 48.8 Å². The summed E-state index contributed by atoms with van der Waals surface area (Å²) < 4.78 is 5.86. The molecule has 3 fully saturated rings. The number of nitrogens with zero attached hydrogens (tertiary/aromatic N) is 2. The van der Waals surface area contributed by atoms with E-state index in [2.05, 4.69) is 15.9 Å². The smallest absolute Gasteiger partial charge is 0.305 e. The third-order valence-electron chi connectivity index (χ3n) is 8.55. The second kappa shape index (κ2) is 10.3. The zero-order valence-electron chi connectivity index (χ0n) is 21.4. The monoisotopic (exact) mass is 618 g/mol. The van der Waals surface area contributed by atoms with Gasteiger partial charge in [0.05, 0.1) is 43.6 Å². The molecule has 12 nitrogen and oxygen atoms in total. The predicted molar refractivity (Wildman–Crippen MR) is 138 cm³/mol. The van der Waals surface area contributed by atoms with Crippen LogP contribution in [-0.4, -0.2) is 80.9 Å². The molecule has 6 atom stereocenters. The number of fused-ring (bicyclic) bond motifs is 4. The first-order valence-corrected chi connectivity index (χ1v) is 13.7. The molecular formula is C27H27BrN2O10. The van der Waals surface area contributed by atoms with Crippen LogP contribution in [0.2, 0.25) is 0 Å². The maximum atomic E-state index is 13.7. The SMILES string of the molecule is COc1cc(Br)cc(C2C3=CCC4C(=O)N(CCC(=O)O)C(=O)C4C3CC3C(=O)N(CCC(=O)O)C(=O)C32)c1O. The third-order valence-corrected chi connectivity index (χ3v) is 9.01. The van der Waals surface area contributed by atoms with Gasteiger partial charge in [-0.2, -0.15) is 0 Å². The number of imide groups is 2. The van der Waals surface area contributed by atoms with Gasteiger partial charge < -0.3 is 20.1 Å². The van der Waals surface area contributed by atoms with Gasteiger partial charge in [-0.1, -0.05) is 27.6 Å². The maximum absolute atomic E-state index is 13.7. The molecule has 4 aliphatic rings. The number of carbonyl (C=O) groups excluding carboxylic acids is 4. The summed E-state index contributed by atoms with van der Waals surface area (Å²) in [5.41, 5.74) is 0.941. The lowest BCUT2D eigenvalue weighted by Gasteiger charge is -2.44. The van der Waals surface area contributed by atoms with Gasteiger partial charge in [0.25, 0.3) is 0 Å². The Hall–Kier alpha value is -3.74. The topological polar surface area (TPSA) is 179 Å². The minimum atomic E-state index is -1.17. The van der Waals surface area contributed by atoms with Crippen LogP contribution < -0.4 is 4.74 Å². The highest BCUT2D eigenvalue weighted by molar-refractivity contribution is 9.10. The number of ether oxygens (including phenoxy) is 1. The maximum Gasteiger partial charge on any atom is 0.305 e. The average Bonchev–Trinajstić information content (AvgIpc) is 3.29. The molecule has 0 bridgehead atoms. The van der Waals surface area contributed by atoms with Crippen LogP contribution in [0, 0.1) is 29.6 Å². The molecule has 0 spiro atoms. The fraction of sp³-hybridized carbons (Fsp3) is 0.481. The summed E-state index contributed by atoms with van der Waals surface area (Å²) in [4.78, 5) is 78.2. The lowest BCUT2D eigenvalue weighted by Crippen LogP contribution is -2.43. The number of halogens is 1. The summed E-state index contributed by atoms with van der Waals surface area (Å²) in [6, 6.07) is 3.16. The molecule has 3 N–H and O–H groups in total. The molecule has 2 aliphatic heterocycles. The van der Waals surface area contributed by atoms with Crippen LogP contribution >= 0.6 is 15.9 Å². The second-order valence-electron chi connectivity index (χ2n) is 10.5. The molecule has 13 heteroatoms. The number of carbonyl (C=O) groups is 6. The highest BCUT2D eigenvalue weighted by atomic mass is 79.9. The molecular weight excluding hydrogens is 592 g/mol. The van der Waals surface area contributed by atoms with E-state index in [1.807, 2.05) is 0 Å². The fourth-order valence-corrected chi connectivity index (χ4v) is 7.36. The van der Waals surface area contributed by atoms with Crippen molar-refractivity contribution >= 4 is 51.5 Å². The van der Waals surface area contributed by atoms with Crippen LogP contribution in [0.1, 0.15) is 37.2 Å². The van der Waals surface area contributed by atoms with Crippen molar-refractivity contribution in [1.29, 1.82) is 0 Å². The van der Waals surface area contributed by atoms with Crippen LogP contribution in [0.15, 0.2) is 28.3 Å². The molecule has 1 aromatic carbocycles. The predicted octanol–water partition coefficient (Wildman–Crippen LogP) is 1.75. The van der Waals surface area contributed by atoms with Gasteiger partial charge >= 0.3 is 11.9 Å². The number of methoxy groups -OCH3 is 1. The van der Waals surface area contributed by atoms with Crippen molar-refractivity contribution in [2.75, 3.05) is 20.2 Å². The first-order valence-electron chi connectivity index (χ1n) is 12.9. The van der Waals surface area contributed by atoms with Gasteiger partial charge in [-0.25, -0.2) is 0 Å². The van der Waals surface area contributed by atoms with E-state index in [4.69, 9.17) is 14.9 Å². The van der Waals surface area contributed by atoms with Crippen molar-refractivity contribution in [3.05, 3.63) is 33.8 Å². The van der Waals surface area contributed by atoms with E-state index in [9.17, 15) is 33.9 Å². The van der Waals surface area contributed by atoms with Crippen molar-refractivity contribution in [1.82, 2.24) is 9.80 Å². The Morgan fingerprint density at radius 2 is 1.48 bits per heavy atom. The molecule has 1 saturated carbocycles. The van der Waals surface area contributed by atoms with Gasteiger partial charge in [0.1, 0.15) is 0 Å². The molecule has 0 radical (unpaired) electrons. The third kappa shape index (κ3) is 4.36. The van der Waals surface area contributed by atoms with E-state index < -0.39 is 83.9 Å². The number of phenolic OH excluding ortho intramolecular Hbond substituents is 1. The second-order valence-corrected chi connectivity index (χ2v) is 11.4. The Bertz CT molecular complexity index is 1370. The highest BCUT2D eigenvalue weighted by Gasteiger charge is 2.62. The largest absolute Gasteiger partial charge is 0.504 e. The van der Waals surface area contributed by atoms with Gasteiger partial charge in [-0.15, -0.1) is 0 Å². The quantitative estimate of drug-likeness (QED) is 0.287. The van der Waals surface area contributed by atoms with Crippen LogP contribution in [0.5, 0.6) is 11.5 Å². The number of aromatic hydroxyl groups is 1. The van der Waals surface area contributed by atoms with Crippen LogP contribution in [0.25, 0.3) is 0 Å². The van der Waals surface area contributed by atoms with E-state index >= 15 is 0 Å². The summed E-state index contributed by atoms with van der Waals surface area (Å²) in [7, 11) is 1.37. The lowest BCUT2D eigenvalue weighted by molar-refractivity contribution is -0.145. The van der Waals surface area contributed by atoms with Gasteiger partial charge in [-0.3, -0.25) is 38.6 Å². The summed E-state index contributed by atoms with van der Waals surface area (Å²) in [6.07, 6.45) is 1.23. The van der Waals surface area contributed by atoms with Crippen molar-refractivity contribution in [2.45, 2.75) is 31.6 Å². The van der Waals surface area contributed by atoms with Crippen LogP contribution in [0.4, 0.5) is 0 Å². The zero-order valence-corrected chi connectivity index (χ0v) is 23.0. The summed E-state index contributed by atoms with van der Waals surface area (Å²) in [6.45, 7) is -0.571. The number of likely N-dealkylation sites (tertiary alicyclic amines) is 2. The van der Waals surface area contributed by atoms with Crippen molar-refractivity contribution in [3.63, 3.8) is 0 Å². The Morgan fingerprint density at radius 1 is 0.900 bits per heavy atom. The van der Waals surface area contributed by atoms with Gasteiger partial charge in [0.15, 0.2) is 11.5 Å². The average molecular weight is 619 g/mol. The minimum Gasteiger partial charge on any atom is -0.504 e. The van der Waals surface area contributed by atoms with E-state index in [0.717, 1.165) is 9.80 Å². The molecule has 40 heavy (non-hydrogen) atoms. The number of amides is 4. The number of allylic oxidation sites excluding steroid dienone is 2. The number of hydrogen-bond donors (Lipinski definition) is 3. The standard InChI is InChI=1S/C27H27BrN2O10/c1-40-17-9-11(28)8-15(23(17)35)20-12-2-3-13-21(26(38)29(24(13)36)6-4-18(31)32)14(12)10-16-22(20)27(39)30(25(16)37)7-5-19(33)34/h2,8-9,13-14,16,20-22,35H,3-7,10H2,1H3,(H,31,32)(H,33,34). The number of aliphatic carboxylic acids is 2. The Morgan fingerprint density at radius 3 is 2.05 bits per heavy atom. The first kappa shape index (κ1) is 27.8. The zero-order chi connectivity index (χ0) is 29.0. The summed E-state index contributed by atoms with van der Waals surface area (Å²) >= 11 is 3.40. The van der Waals surface area contributed by atoms with Crippen LogP contribution in [0.3, 0.4) is 0 Å². The first-order chi connectivity index (χ1) is 19.0. The Kier molecular flexibility index (Phi) is 7.19. The van der Waals surface area contributed by atoms with E-state index in [-0.39, 0.29) is 37.4 Å². The molecule has 1 aromatic rings. The molecule has 212 valence electrons. The molecule has 5 rings (SSSR count). The van der Waals surface area contributed by atoms with E-state index in [1.54, 1.807) is 18.2 Å². The highest BCUT2D eigenvalue weighted by Crippen LogP contribution is 2.59. The molecule has 0 aromatic heterocycles. The summed E-state index contributed by atoms with van der Waals surface area (Å²) in [5, 5.41) is 29.4. The molecule has 2 saturated heterocycles. The number of carboxylic acids is 2. The van der Waals surface area contributed by atoms with Crippen molar-refractivity contribution in [3.8, 4) is 11.5 Å². The Labute approximate surface area is 236 Å². The van der Waals surface area contributed by atoms with E-state index in [0.29, 0.717) is 15.6 Å². The minimum absolute atomic E-state index is 0.0833. The number of carboxylic acid groups (broad SMARTS) is 2.